The van der Waals surface area contributed by atoms with Crippen LogP contribution in [0.5, 0.6) is 0 Å². The number of carbonyl (C=O) groups is 1. The molecule has 20 heavy (non-hydrogen) atoms. The van der Waals surface area contributed by atoms with Crippen molar-refractivity contribution in [2.24, 2.45) is 11.7 Å². The van der Waals surface area contributed by atoms with Crippen LogP contribution < -0.4 is 11.1 Å². The third-order valence-corrected chi connectivity index (χ3v) is 4.41. The lowest BCUT2D eigenvalue weighted by Crippen LogP contribution is -2.42. The minimum Gasteiger partial charge on any atom is -0.351 e. The summed E-state index contributed by atoms with van der Waals surface area (Å²) >= 11 is 1.71. The maximum absolute atomic E-state index is 11.7. The molecule has 0 bridgehead atoms. The van der Waals surface area contributed by atoms with Gasteiger partial charge in [-0.1, -0.05) is 13.8 Å². The molecule has 3 N–H and O–H groups in total. The molecule has 1 unspecified atom stereocenters. The highest BCUT2D eigenvalue weighted by Crippen LogP contribution is 2.32. The van der Waals surface area contributed by atoms with Gasteiger partial charge in [0.2, 0.25) is 5.91 Å². The maximum Gasteiger partial charge on any atom is 0.230 e. The summed E-state index contributed by atoms with van der Waals surface area (Å²) in [5, 5.41) is 3.05. The number of nitrogens with one attached hydrogen (secondary N) is 1. The number of hydrogen-bond donors (Lipinski definition) is 2. The first-order valence-electron chi connectivity index (χ1n) is 7.00. The lowest BCUT2D eigenvalue weighted by molar-refractivity contribution is -0.119. The Morgan fingerprint density at radius 3 is 2.40 bits per heavy atom. The monoisotopic (exact) mass is 345 g/mol. The van der Waals surface area contributed by atoms with Crippen molar-refractivity contribution < 1.29 is 4.79 Å². The maximum atomic E-state index is 11.7. The Kier molecular flexibility index (Phi) is 14.7. The summed E-state index contributed by atoms with van der Waals surface area (Å²) in [5.74, 6) is 2.36. The largest absolute Gasteiger partial charge is 0.351 e. The summed E-state index contributed by atoms with van der Waals surface area (Å²) in [5.41, 5.74) is 5.66. The number of nitrogens with two attached hydrogens (primary N) is 1. The molecule has 1 fully saturated rings. The molecule has 0 aromatic heterocycles. The Hall–Kier alpha value is 0.320. The van der Waals surface area contributed by atoms with Gasteiger partial charge in [-0.15, -0.1) is 24.8 Å². The van der Waals surface area contributed by atoms with Gasteiger partial charge in [0.05, 0.1) is 5.75 Å². The second-order valence-electron chi connectivity index (χ2n) is 4.83. The van der Waals surface area contributed by atoms with Crippen LogP contribution in [0.3, 0.4) is 0 Å². The predicted octanol–water partition coefficient (Wildman–Crippen LogP) is 1.76. The summed E-state index contributed by atoms with van der Waals surface area (Å²) < 4.78 is 0. The SMILES string of the molecule is CCN(CC)CCSCC(=O)NC(CN)C1CC1.Cl.Cl. The standard InChI is InChI=1S/C13H27N3OS.2ClH/c1-3-16(4-2)7-8-18-10-13(17)15-12(9-14)11-5-6-11;;/h11-12H,3-10,14H2,1-2H3,(H,15,17);2*1H. The molecule has 1 atom stereocenters. The normalized spacial score (nSPS) is 15.2. The van der Waals surface area contributed by atoms with Crippen molar-refractivity contribution in [2.75, 3.05) is 37.7 Å². The zero-order chi connectivity index (χ0) is 13.4. The molecule has 0 saturated heterocycles. The topological polar surface area (TPSA) is 58.4 Å². The van der Waals surface area contributed by atoms with Crippen LogP contribution in [0.1, 0.15) is 26.7 Å². The minimum atomic E-state index is 0. The van der Waals surface area contributed by atoms with E-state index in [-0.39, 0.29) is 36.8 Å². The highest BCUT2D eigenvalue weighted by molar-refractivity contribution is 7.99. The van der Waals surface area contributed by atoms with Gasteiger partial charge in [0, 0.05) is 24.9 Å². The van der Waals surface area contributed by atoms with Crippen LogP contribution >= 0.6 is 36.6 Å². The van der Waals surface area contributed by atoms with Crippen molar-refractivity contribution in [3.05, 3.63) is 0 Å². The molecule has 0 heterocycles. The lowest BCUT2D eigenvalue weighted by atomic mass is 10.2. The van der Waals surface area contributed by atoms with E-state index in [1.807, 2.05) is 0 Å². The third kappa shape index (κ3) is 9.29. The molecule has 0 spiro atoms. The predicted molar refractivity (Wildman–Crippen MR) is 93.3 cm³/mol. The lowest BCUT2D eigenvalue weighted by Gasteiger charge is -2.18. The summed E-state index contributed by atoms with van der Waals surface area (Å²) in [7, 11) is 0. The highest BCUT2D eigenvalue weighted by atomic mass is 35.5. The molecule has 0 radical (unpaired) electrons. The van der Waals surface area contributed by atoms with E-state index in [0.29, 0.717) is 18.2 Å². The van der Waals surface area contributed by atoms with E-state index in [1.54, 1.807) is 11.8 Å². The second kappa shape index (κ2) is 13.0. The number of amides is 1. The Morgan fingerprint density at radius 1 is 1.35 bits per heavy atom. The molecule has 0 aromatic rings. The van der Waals surface area contributed by atoms with Crippen molar-refractivity contribution in [2.45, 2.75) is 32.7 Å². The smallest absolute Gasteiger partial charge is 0.230 e. The second-order valence-corrected chi connectivity index (χ2v) is 5.93. The fourth-order valence-electron chi connectivity index (χ4n) is 2.01. The number of nitrogens with zero attached hydrogens (tertiary/aromatic N) is 1. The molecular formula is C13H29Cl2N3OS. The van der Waals surface area contributed by atoms with Gasteiger partial charge in [0.25, 0.3) is 0 Å². The van der Waals surface area contributed by atoms with Crippen molar-refractivity contribution in [1.29, 1.82) is 0 Å². The van der Waals surface area contributed by atoms with Gasteiger partial charge in [-0.2, -0.15) is 11.8 Å². The van der Waals surface area contributed by atoms with E-state index in [0.717, 1.165) is 25.4 Å². The quantitative estimate of drug-likeness (QED) is 0.592. The number of halogens is 2. The van der Waals surface area contributed by atoms with Crippen LogP contribution in [0, 0.1) is 5.92 Å². The van der Waals surface area contributed by atoms with Gasteiger partial charge < -0.3 is 16.0 Å². The highest BCUT2D eigenvalue weighted by Gasteiger charge is 2.30. The van der Waals surface area contributed by atoms with Crippen molar-refractivity contribution in [3.63, 3.8) is 0 Å². The van der Waals surface area contributed by atoms with E-state index < -0.39 is 0 Å². The van der Waals surface area contributed by atoms with Crippen LogP contribution in [0.2, 0.25) is 0 Å². The van der Waals surface area contributed by atoms with E-state index in [4.69, 9.17) is 5.73 Å². The van der Waals surface area contributed by atoms with Gasteiger partial charge in [-0.3, -0.25) is 4.79 Å². The Morgan fingerprint density at radius 2 is 1.95 bits per heavy atom. The van der Waals surface area contributed by atoms with Gasteiger partial charge in [-0.25, -0.2) is 0 Å². The molecule has 4 nitrogen and oxygen atoms in total. The first-order chi connectivity index (χ1) is 8.71. The summed E-state index contributed by atoms with van der Waals surface area (Å²) in [6, 6.07) is 0.209. The van der Waals surface area contributed by atoms with Crippen LogP contribution in [-0.2, 0) is 4.79 Å². The Labute approximate surface area is 139 Å². The van der Waals surface area contributed by atoms with E-state index in [9.17, 15) is 4.79 Å². The van der Waals surface area contributed by atoms with Crippen LogP contribution in [0.15, 0.2) is 0 Å². The number of rotatable bonds is 10. The van der Waals surface area contributed by atoms with Crippen molar-refractivity contribution in [3.8, 4) is 0 Å². The molecule has 1 saturated carbocycles. The average molecular weight is 346 g/mol. The Bertz CT molecular complexity index is 252. The molecule has 7 heteroatoms. The van der Waals surface area contributed by atoms with E-state index >= 15 is 0 Å². The van der Waals surface area contributed by atoms with Crippen LogP contribution in [-0.4, -0.2) is 54.5 Å². The van der Waals surface area contributed by atoms with E-state index in [2.05, 4.69) is 24.1 Å². The Balaban J connectivity index is 0. The van der Waals surface area contributed by atoms with E-state index in [1.165, 1.54) is 12.8 Å². The first-order valence-corrected chi connectivity index (χ1v) is 8.16. The zero-order valence-corrected chi connectivity index (χ0v) is 14.9. The average Bonchev–Trinajstić information content (AvgIpc) is 3.20. The summed E-state index contributed by atoms with van der Waals surface area (Å²) in [4.78, 5) is 14.1. The summed E-state index contributed by atoms with van der Waals surface area (Å²) in [6.07, 6.45) is 2.44. The fraction of sp³-hybridized carbons (Fsp3) is 0.923. The minimum absolute atomic E-state index is 0. The molecule has 0 aromatic carbocycles. The van der Waals surface area contributed by atoms with Gasteiger partial charge >= 0.3 is 0 Å². The summed E-state index contributed by atoms with van der Waals surface area (Å²) in [6.45, 7) is 8.14. The van der Waals surface area contributed by atoms with Gasteiger partial charge in [-0.05, 0) is 31.8 Å². The fourth-order valence-corrected chi connectivity index (χ4v) is 2.81. The van der Waals surface area contributed by atoms with Crippen LogP contribution in [0.25, 0.3) is 0 Å². The molecule has 122 valence electrons. The molecule has 1 aliphatic carbocycles. The molecule has 1 aliphatic rings. The number of carbonyl (C=O) groups excluding carboxylic acids is 1. The molecule has 1 rings (SSSR count). The van der Waals surface area contributed by atoms with Gasteiger partial charge in [0.15, 0.2) is 0 Å². The molecule has 0 aliphatic heterocycles. The first kappa shape index (κ1) is 22.6. The third-order valence-electron chi connectivity index (χ3n) is 3.47. The number of hydrogen-bond acceptors (Lipinski definition) is 4. The van der Waals surface area contributed by atoms with Crippen LogP contribution in [0.4, 0.5) is 0 Å². The van der Waals surface area contributed by atoms with Crippen molar-refractivity contribution >= 4 is 42.5 Å². The zero-order valence-electron chi connectivity index (χ0n) is 12.5. The molecule has 1 amide bonds. The molecular weight excluding hydrogens is 317 g/mol. The number of thioether (sulfide) groups is 1. The van der Waals surface area contributed by atoms with Gasteiger partial charge in [0.1, 0.15) is 0 Å². The van der Waals surface area contributed by atoms with Crippen molar-refractivity contribution in [1.82, 2.24) is 10.2 Å².